The Hall–Kier alpha value is 0.0997. The van der Waals surface area contributed by atoms with Crippen molar-refractivity contribution in [2.24, 2.45) is 0 Å². The lowest BCUT2D eigenvalue weighted by Gasteiger charge is -2.29. The van der Waals surface area contributed by atoms with Crippen LogP contribution in [-0.2, 0) is 0 Å². The Morgan fingerprint density at radius 2 is 0.955 bits per heavy atom. The number of quaternary nitrogens is 4. The predicted octanol–water partition coefficient (Wildman–Crippen LogP) is -5.25. The zero-order chi connectivity index (χ0) is 19.1. The molecule has 0 saturated carbocycles. The summed E-state index contributed by atoms with van der Waals surface area (Å²) >= 11 is 0. The fourth-order valence-electron chi connectivity index (χ4n) is 0. The second kappa shape index (κ2) is 17.5. The molecule has 0 atom stereocenters. The minimum atomic E-state index is -0.139. The molecule has 4 N–H and O–H groups in total. The van der Waals surface area contributed by atoms with Gasteiger partial charge in [-0.1, -0.05) is 0 Å². The summed E-state index contributed by atoms with van der Waals surface area (Å²) in [6, 6.07) is 0. The van der Waals surface area contributed by atoms with Crippen LogP contribution in [0.5, 0.6) is 0 Å². The predicted molar refractivity (Wildman–Crippen MR) is 118 cm³/mol. The van der Waals surface area contributed by atoms with Gasteiger partial charge in [0.15, 0.2) is 28.5 Å². The van der Waals surface area contributed by atoms with Gasteiger partial charge in [-0.15, -0.1) is 40.9 Å². The number of hydrogen-bond donors (Lipinski definition) is 4. The number of hydrogen-bond acceptors (Lipinski definition) is 0. The second-order valence-corrected chi connectivity index (χ2v) is 8.80. The van der Waals surface area contributed by atoms with Crippen LogP contribution in [-0.4, -0.2) is 84.9 Å². The van der Waals surface area contributed by atoms with Crippen LogP contribution in [0.25, 0.3) is 0 Å². The van der Waals surface area contributed by atoms with Gasteiger partial charge in [0.25, 0.3) is 0 Å². The molecule has 0 spiro atoms. The van der Waals surface area contributed by atoms with Crippen molar-refractivity contribution in [3.63, 3.8) is 0 Å². The Kier molecular flexibility index (Phi) is 23.8. The summed E-state index contributed by atoms with van der Waals surface area (Å²) in [5.41, 5.74) is 0. The van der Waals surface area contributed by atoms with Gasteiger partial charge in [0.2, 0.25) is 0 Å². The minimum Gasteiger partial charge on any atom is -0.538 e. The third kappa shape index (κ3) is 50.1. The van der Waals surface area contributed by atoms with Gasteiger partial charge in [0, 0.05) is 56.4 Å². The molecule has 0 saturated heterocycles. The average molecular weight is 320 g/mol. The molecule has 0 heterocycles. The van der Waals surface area contributed by atoms with Crippen LogP contribution in [0.4, 0.5) is 0 Å². The van der Waals surface area contributed by atoms with Gasteiger partial charge in [0.05, 0.1) is 0 Å². The van der Waals surface area contributed by atoms with Crippen molar-refractivity contribution >= 4 is 28.5 Å². The van der Waals surface area contributed by atoms with Gasteiger partial charge in [-0.2, -0.15) is 0 Å². The van der Waals surface area contributed by atoms with Crippen molar-refractivity contribution in [1.82, 2.24) is 0 Å². The van der Waals surface area contributed by atoms with E-state index in [9.17, 15) is 0 Å². The zero-order valence-electron chi connectivity index (χ0n) is 18.3. The molecule has 0 aromatic carbocycles. The highest BCUT2D eigenvalue weighted by Crippen LogP contribution is 1.83. The molecule has 0 unspecified atom stereocenters. The summed E-state index contributed by atoms with van der Waals surface area (Å²) in [4.78, 5) is 6.44. The molecular weight excluding hydrogens is 267 g/mol. The molecule has 140 valence electrons. The SMILES string of the molecule is C[BH-](C)[NH+](C)C.C[BH2-][NH+](C)C.C[NH+](C)[B-](C)(C)C.[BH3-][NH+](C)C. The van der Waals surface area contributed by atoms with E-state index < -0.39 is 0 Å². The van der Waals surface area contributed by atoms with Crippen LogP contribution >= 0.6 is 0 Å². The lowest BCUT2D eigenvalue weighted by Crippen LogP contribution is -3.16. The molecule has 0 aliphatic carbocycles. The van der Waals surface area contributed by atoms with Crippen LogP contribution in [0.2, 0.25) is 40.9 Å². The molecule has 0 bridgehead atoms. The first kappa shape index (κ1) is 30.0. The maximum absolute atomic E-state index is 2.29. The summed E-state index contributed by atoms with van der Waals surface area (Å²) in [7, 11) is 18.5. The molecule has 0 fully saturated rings. The molecule has 0 amide bonds. The van der Waals surface area contributed by atoms with Crippen LogP contribution in [0.3, 0.4) is 0 Å². The van der Waals surface area contributed by atoms with E-state index in [1.807, 2.05) is 0 Å². The van der Waals surface area contributed by atoms with Gasteiger partial charge in [-0.3, -0.25) is 0 Å². The third-order valence-corrected chi connectivity index (χ3v) is 4.15. The van der Waals surface area contributed by atoms with Gasteiger partial charge < -0.3 is 19.2 Å². The summed E-state index contributed by atoms with van der Waals surface area (Å²) in [5.74, 6) is 0. The van der Waals surface area contributed by atoms with E-state index >= 15 is 0 Å². The van der Waals surface area contributed by atoms with Crippen molar-refractivity contribution in [2.45, 2.75) is 40.9 Å². The number of nitrogens with one attached hydrogen (secondary N) is 4. The van der Waals surface area contributed by atoms with Crippen LogP contribution in [0.1, 0.15) is 0 Å². The van der Waals surface area contributed by atoms with Crippen molar-refractivity contribution in [1.29, 1.82) is 0 Å². The topological polar surface area (TPSA) is 17.8 Å². The fourth-order valence-corrected chi connectivity index (χ4v) is 0. The zero-order valence-corrected chi connectivity index (χ0v) is 18.3. The van der Waals surface area contributed by atoms with Crippen LogP contribution in [0, 0.1) is 0 Å². The lowest BCUT2D eigenvalue weighted by atomic mass is 9.40. The molecule has 8 heteroatoms. The second-order valence-electron chi connectivity index (χ2n) is 8.80. The van der Waals surface area contributed by atoms with Gasteiger partial charge >= 0.3 is 0 Å². The minimum absolute atomic E-state index is 0.111. The van der Waals surface area contributed by atoms with Gasteiger partial charge in [0.1, 0.15) is 0 Å². The molecule has 22 heavy (non-hydrogen) atoms. The molecule has 0 aliphatic heterocycles. The smallest absolute Gasteiger partial charge is 0.199 e. The average Bonchev–Trinajstić information content (AvgIpc) is 2.28. The monoisotopic (exact) mass is 320 g/mol. The van der Waals surface area contributed by atoms with Gasteiger partial charge in [-0.05, 0) is 0 Å². The lowest BCUT2D eigenvalue weighted by molar-refractivity contribution is -0.748. The Bertz CT molecular complexity index is 197. The molecule has 0 radical (unpaired) electrons. The van der Waals surface area contributed by atoms with E-state index in [1.165, 1.54) is 0 Å². The molecule has 0 rings (SSSR count). The largest absolute Gasteiger partial charge is 0.538 e. The quantitative estimate of drug-likeness (QED) is 0.373. The first-order chi connectivity index (χ1) is 9.59. The van der Waals surface area contributed by atoms with E-state index in [-0.39, 0.29) is 13.1 Å². The molecular formula is C14H52B4N4. The first-order valence-corrected chi connectivity index (χ1v) is 9.29. The van der Waals surface area contributed by atoms with Crippen molar-refractivity contribution in [3.8, 4) is 0 Å². The Morgan fingerprint density at radius 1 is 0.818 bits per heavy atom. The van der Waals surface area contributed by atoms with Crippen LogP contribution < -0.4 is 19.2 Å². The van der Waals surface area contributed by atoms with Gasteiger partial charge in [-0.25, -0.2) is 0 Å². The third-order valence-electron chi connectivity index (χ3n) is 4.15. The van der Waals surface area contributed by atoms with E-state index in [2.05, 4.69) is 97.3 Å². The highest BCUT2D eigenvalue weighted by Gasteiger charge is 2.12. The van der Waals surface area contributed by atoms with Crippen molar-refractivity contribution in [3.05, 3.63) is 0 Å². The normalized spacial score (nSPS) is 10.9. The first-order valence-electron chi connectivity index (χ1n) is 9.29. The summed E-state index contributed by atoms with van der Waals surface area (Å²) in [6.07, 6.45) is -0.139. The highest BCUT2D eigenvalue weighted by molar-refractivity contribution is 6.67. The Balaban J connectivity index is -0.000000100. The molecule has 0 aliphatic rings. The van der Waals surface area contributed by atoms with E-state index in [0.717, 1.165) is 0 Å². The Labute approximate surface area is 145 Å². The van der Waals surface area contributed by atoms with Crippen molar-refractivity contribution < 1.29 is 19.2 Å². The van der Waals surface area contributed by atoms with Crippen LogP contribution in [0.15, 0.2) is 0 Å². The number of rotatable bonds is 3. The molecule has 4 nitrogen and oxygen atoms in total. The molecule has 0 aromatic rings. The fraction of sp³-hybridized carbons (Fsp3) is 1.00. The Morgan fingerprint density at radius 3 is 0.955 bits per heavy atom. The van der Waals surface area contributed by atoms with E-state index in [1.54, 1.807) is 19.2 Å². The van der Waals surface area contributed by atoms with Crippen molar-refractivity contribution in [2.75, 3.05) is 56.4 Å². The van der Waals surface area contributed by atoms with E-state index in [4.69, 9.17) is 0 Å². The maximum Gasteiger partial charge on any atom is 0.199 e. The summed E-state index contributed by atoms with van der Waals surface area (Å²) in [6.45, 7) is 13.8. The van der Waals surface area contributed by atoms with E-state index in [0.29, 0.717) is 15.4 Å². The maximum atomic E-state index is 2.29. The standard InChI is InChI=1S/C5H16BN.C4H14BN.C3H12BN.C2H10BN/c1-6(2,3)7(4)5;1-5(2)6(3)4;1-4-5(2)3;1-4(2)3/h7H,1-5H3;5-6H,1-4H3;5H,4H2,1-3H3;4H,1-3H3. The molecule has 0 aromatic heterocycles. The summed E-state index contributed by atoms with van der Waals surface area (Å²) < 4.78 is 0. The highest BCUT2D eigenvalue weighted by atomic mass is 15.0. The summed E-state index contributed by atoms with van der Waals surface area (Å²) in [5, 5.41) is 0.